The van der Waals surface area contributed by atoms with E-state index in [1.807, 2.05) is 104 Å². The molecule has 147 heavy (non-hydrogen) atoms. The number of pyridine rings is 2. The number of amides is 8. The summed E-state index contributed by atoms with van der Waals surface area (Å²) in [7, 11) is 6.99. The molecular formula is C110H134FN19O13S4. The highest BCUT2D eigenvalue weighted by Crippen LogP contribution is 2.46. The molecule has 8 fully saturated rings. The lowest BCUT2D eigenvalue weighted by Crippen LogP contribution is -2.56. The average molecular weight is 2080 g/mol. The number of likely N-dealkylation sites (N-methyl/N-ethyl adjacent to an activating group) is 4. The summed E-state index contributed by atoms with van der Waals surface area (Å²) in [6.45, 7) is 12.3. The van der Waals surface area contributed by atoms with E-state index in [0.29, 0.717) is 80.3 Å². The second-order valence-corrected chi connectivity index (χ2v) is 43.2. The maximum atomic E-state index is 14.0. The predicted octanol–water partition coefficient (Wildman–Crippen LogP) is 16.5. The van der Waals surface area contributed by atoms with Crippen molar-refractivity contribution >= 4 is 142 Å². The maximum absolute atomic E-state index is 14.0. The third kappa shape index (κ3) is 24.6. The maximum Gasteiger partial charge on any atom is 0.336 e. The fourth-order valence-electron chi connectivity index (χ4n) is 21.8. The van der Waals surface area contributed by atoms with Crippen molar-refractivity contribution < 1.29 is 66.6 Å². The van der Waals surface area contributed by atoms with E-state index in [-0.39, 0.29) is 125 Å². The van der Waals surface area contributed by atoms with Crippen molar-refractivity contribution in [3.63, 3.8) is 0 Å². The third-order valence-corrected chi connectivity index (χ3v) is 34.4. The normalized spacial score (nSPS) is 20.2. The average Bonchev–Trinajstić information content (AvgIpc) is 1.68. The number of aromatic carboxylic acids is 1. The molecule has 2 aliphatic carbocycles. The number of nitrogens with one attached hydrogen (secondary N) is 8. The number of carbonyl (C=O) groups is 9. The third-order valence-electron chi connectivity index (χ3n) is 30.6. The van der Waals surface area contributed by atoms with Gasteiger partial charge in [-0.1, -0.05) is 110 Å². The fraction of sp³-hybridized carbons (Fsp3) is 0.491. The van der Waals surface area contributed by atoms with Gasteiger partial charge in [-0.2, -0.15) is 0 Å². The minimum Gasteiger partial charge on any atom is -0.478 e. The van der Waals surface area contributed by atoms with E-state index in [0.717, 1.165) is 209 Å². The summed E-state index contributed by atoms with van der Waals surface area (Å²) < 4.78 is 29.9. The van der Waals surface area contributed by atoms with Crippen LogP contribution in [0.5, 0.6) is 0 Å². The first-order valence-electron chi connectivity index (χ1n) is 52.1. The van der Waals surface area contributed by atoms with Gasteiger partial charge in [0.05, 0.1) is 87.4 Å². The zero-order valence-electron chi connectivity index (χ0n) is 84.7. The number of carboxylic acids is 1. The first-order valence-corrected chi connectivity index (χ1v) is 55.6. The SMILES string of the molecule is CN[C@@H](C)C(=O)N[C@H](C(=O)N1CCC[C@H]1c1nc(-c2ccc(C(=O)O)c3ccccc23)cs1)C1CCCCC1.CN[C@@H](C)C(=O)N[C@H](C(=O)N1CCC[C@H]1c1nc(-c2cccc3ncccc23)cs1)C1CCCCC1.CN[C@@H](C)C(=O)N[C@H](C(=O)N1CCC[C@H]1c1nc(-c2cccc3ncccc23)cs1)C1CCOCC1.CN[C@@H](C)C(=O)N[C@H](C(=O)N1CCC[C@H]1c1nc(-c2noc3cc(F)ccc23)cs1)C1CCOCC1. The highest BCUT2D eigenvalue weighted by molar-refractivity contribution is 7.11. The Bertz CT molecular complexity index is 6410. The van der Waals surface area contributed by atoms with Crippen LogP contribution in [0.3, 0.4) is 0 Å². The Morgan fingerprint density at radius 1 is 0.367 bits per heavy atom. The molecule has 0 spiro atoms. The van der Waals surface area contributed by atoms with E-state index >= 15 is 0 Å². The van der Waals surface area contributed by atoms with Crippen LogP contribution in [0.1, 0.15) is 224 Å². The lowest BCUT2D eigenvalue weighted by Gasteiger charge is -2.35. The van der Waals surface area contributed by atoms with Gasteiger partial charge in [0.2, 0.25) is 47.3 Å². The van der Waals surface area contributed by atoms with E-state index in [1.54, 1.807) is 96.2 Å². The topological polar surface area (TPSA) is 405 Å². The first kappa shape index (κ1) is 106. The van der Waals surface area contributed by atoms with Gasteiger partial charge < -0.3 is 81.2 Å². The minimum atomic E-state index is -0.958. The zero-order chi connectivity index (χ0) is 103. The summed E-state index contributed by atoms with van der Waals surface area (Å²) in [5.41, 5.74) is 9.30. The lowest BCUT2D eigenvalue weighted by molar-refractivity contribution is -0.140. The molecule has 12 atom stereocenters. The van der Waals surface area contributed by atoms with Gasteiger partial charge in [-0.05, 0) is 236 Å². The van der Waals surface area contributed by atoms with E-state index in [1.165, 1.54) is 47.6 Å². The van der Waals surface area contributed by atoms with Crippen LogP contribution in [-0.2, 0) is 47.8 Å². The van der Waals surface area contributed by atoms with Crippen LogP contribution in [0.25, 0.3) is 88.7 Å². The molecule has 8 amide bonds. The number of carbonyl (C=O) groups excluding carboxylic acids is 8. The van der Waals surface area contributed by atoms with Crippen molar-refractivity contribution in [3.05, 3.63) is 181 Å². The molecule has 20 rings (SSSR count). The van der Waals surface area contributed by atoms with E-state index in [4.69, 9.17) is 33.9 Å². The summed E-state index contributed by atoms with van der Waals surface area (Å²) in [4.78, 5) is 155. The number of thiazole rings is 4. The van der Waals surface area contributed by atoms with Crippen LogP contribution in [0, 0.1) is 29.5 Å². The summed E-state index contributed by atoms with van der Waals surface area (Å²) in [6, 6.07) is 31.4. The van der Waals surface area contributed by atoms with Crippen LogP contribution < -0.4 is 42.5 Å². The highest BCUT2D eigenvalue weighted by atomic mass is 32.1. The molecule has 13 heterocycles. The van der Waals surface area contributed by atoms with Crippen molar-refractivity contribution in [3.8, 4) is 45.2 Å². The minimum absolute atomic E-state index is 0.00550. The van der Waals surface area contributed by atoms with Gasteiger partial charge in [-0.3, -0.25) is 48.3 Å². The number of hydrogen-bond donors (Lipinski definition) is 9. The number of nitrogens with zero attached hydrogens (tertiary/aromatic N) is 11. The molecule has 6 saturated heterocycles. The van der Waals surface area contributed by atoms with Gasteiger partial charge in [-0.25, -0.2) is 29.1 Å². The number of hydrogen-bond acceptors (Lipinski definition) is 27. The predicted molar refractivity (Wildman–Crippen MR) is 570 cm³/mol. The van der Waals surface area contributed by atoms with Gasteiger partial charge in [0.25, 0.3) is 0 Å². The van der Waals surface area contributed by atoms with Crippen LogP contribution in [-0.4, -0.2) is 242 Å². The monoisotopic (exact) mass is 2080 g/mol. The van der Waals surface area contributed by atoms with E-state index < -0.39 is 36.2 Å². The quantitative estimate of drug-likeness (QED) is 0.0210. The number of fused-ring (bicyclic) bond motifs is 4. The molecular weight excluding hydrogens is 1940 g/mol. The number of rotatable bonds is 29. The van der Waals surface area contributed by atoms with Crippen molar-refractivity contribution in [1.82, 2.24) is 97.2 Å². The molecule has 12 aromatic rings. The molecule has 0 bridgehead atoms. The van der Waals surface area contributed by atoms with Gasteiger partial charge in [0, 0.05) is 120 Å². The molecule has 6 aliphatic heterocycles. The molecule has 32 nitrogen and oxygen atoms in total. The van der Waals surface area contributed by atoms with Crippen LogP contribution >= 0.6 is 45.3 Å². The Hall–Kier alpha value is -11.9. The molecule has 8 aliphatic rings. The number of aromatic nitrogens is 7. The van der Waals surface area contributed by atoms with Crippen LogP contribution in [0.4, 0.5) is 4.39 Å². The van der Waals surface area contributed by atoms with E-state index in [2.05, 4.69) is 92.7 Å². The number of likely N-dealkylation sites (tertiary alicyclic amines) is 4. The van der Waals surface area contributed by atoms with Crippen LogP contribution in [0.15, 0.2) is 154 Å². The molecule has 0 unspecified atom stereocenters. The number of carboxylic acid groups (broad SMARTS) is 1. The second kappa shape index (κ2) is 49.9. The van der Waals surface area contributed by atoms with Gasteiger partial charge in [-0.15, -0.1) is 45.3 Å². The van der Waals surface area contributed by atoms with Crippen molar-refractivity contribution in [1.29, 1.82) is 0 Å². The number of benzene rings is 5. The van der Waals surface area contributed by atoms with Crippen molar-refractivity contribution in [2.45, 2.75) is 241 Å². The Morgan fingerprint density at radius 3 is 1.07 bits per heavy atom. The summed E-state index contributed by atoms with van der Waals surface area (Å²) >= 11 is 6.22. The van der Waals surface area contributed by atoms with Gasteiger partial charge in [0.1, 0.15) is 61.4 Å². The molecule has 9 N–H and O–H groups in total. The summed E-state index contributed by atoms with van der Waals surface area (Å²) in [6.07, 6.45) is 24.2. The zero-order valence-corrected chi connectivity index (χ0v) is 87.9. The fourth-order valence-corrected chi connectivity index (χ4v) is 25.6. The number of halogens is 1. The Kier molecular flexibility index (Phi) is 36.1. The molecule has 2 saturated carbocycles. The molecule has 5 aromatic carbocycles. The van der Waals surface area contributed by atoms with Crippen molar-refractivity contribution in [2.75, 3.05) is 80.8 Å². The Morgan fingerprint density at radius 2 is 0.707 bits per heavy atom. The lowest BCUT2D eigenvalue weighted by atomic mass is 9.83. The molecule has 7 aromatic heterocycles. The second-order valence-electron chi connectivity index (χ2n) is 39.7. The van der Waals surface area contributed by atoms with E-state index in [9.17, 15) is 52.6 Å². The Balaban J connectivity index is 0.000000134. The molecule has 778 valence electrons. The molecule has 37 heteroatoms. The van der Waals surface area contributed by atoms with Gasteiger partial charge in [0.15, 0.2) is 5.58 Å². The summed E-state index contributed by atoms with van der Waals surface area (Å²) in [5, 5.41) is 53.9. The number of ether oxygens (including phenoxy) is 2. The Labute approximate surface area is 871 Å². The van der Waals surface area contributed by atoms with Crippen LogP contribution in [0.2, 0.25) is 0 Å². The first-order chi connectivity index (χ1) is 71.5. The molecule has 0 radical (unpaired) electrons. The smallest absolute Gasteiger partial charge is 0.336 e. The summed E-state index contributed by atoms with van der Waals surface area (Å²) in [5.74, 6) is -1.56. The van der Waals surface area contributed by atoms with Crippen molar-refractivity contribution in [2.24, 2.45) is 23.7 Å². The standard InChI is InChI=1S/C30H36N4O4S.C28H35N5O2S.C27H33N5O3S.C25H30FN5O4S/c1-18(31-2)27(35)33-26(19-9-4-3-5-10-19)29(36)34-16-8-13-25(34)28-32-24(17-39-28)22-14-15-23(30(37)38)21-12-7-6-11-20(21)22;1-18(29-2)26(34)32-25(19-9-4-3-5-10-19)28(35)33-16-8-14-24(33)27-31-23(17-36-27)21-11-6-13-22-20(21)12-7-15-30-22;1-17(28-2)25(33)31-24(18-10-14-35-15-11-18)27(34)32-13-5-9-23(32)26-30-22(16-36-26)20-6-3-8-21-19(20)7-4-12-29-21;1-14(27-2)23(32)29-21(15-7-10-34-11-8-15)25(33)31-9-3-4-19(31)24-28-18(13-36-24)22-17-6-5-16(26)12-20(17)35-30-22/h6-7,11-12,14-15,17-19,25-26,31H,3-5,8-10,13,16H2,1-2H3,(H,33,35)(H,37,38);6-7,11-13,15,17-19,24-25,29H,3-5,8-10,14,16H2,1-2H3,(H,32,34);3-4,6-8,12,16-18,23-24,28H,5,9-11,13-15H2,1-2H3,(H,31,33);5-6,12-15,19,21,27H,3-4,7-11H2,1-2H3,(H,29,32)/t18-,25-,26-;18-,24-,25-;17-,23-,24-;14-,19-,21-/m0000/s1. The largest absolute Gasteiger partial charge is 0.478 e. The highest BCUT2D eigenvalue weighted by Gasteiger charge is 2.47. The van der Waals surface area contributed by atoms with Gasteiger partial charge >= 0.3 is 5.97 Å².